The molecule has 29 heavy (non-hydrogen) atoms. The maximum atomic E-state index is 14.5. The number of hydrogen-bond acceptors (Lipinski definition) is 5. The molecule has 6 nitrogen and oxygen atoms in total. The molecule has 8 heteroatoms. The monoisotopic (exact) mass is 421 g/mol. The quantitative estimate of drug-likeness (QED) is 0.743. The largest absolute Gasteiger partial charge is 0.380 e. The fourth-order valence-corrected chi connectivity index (χ4v) is 4.81. The molecule has 1 fully saturated rings. The van der Waals surface area contributed by atoms with E-state index < -0.39 is 15.8 Å². The molecular weight excluding hydrogens is 393 g/mol. The van der Waals surface area contributed by atoms with Crippen LogP contribution >= 0.6 is 0 Å². The van der Waals surface area contributed by atoms with Crippen LogP contribution < -0.4 is 5.32 Å². The lowest BCUT2D eigenvalue weighted by Gasteiger charge is -2.22. The molecule has 0 amide bonds. The van der Waals surface area contributed by atoms with Gasteiger partial charge in [0.25, 0.3) is 0 Å². The molecule has 0 saturated carbocycles. The van der Waals surface area contributed by atoms with E-state index in [4.69, 9.17) is 4.74 Å². The molecule has 0 spiro atoms. The Bertz CT molecular complexity index is 937. The standard InChI is InChI=1S/C21H28FN3O3S/c1-3-17-14-25(9-10-28-15-17)29(26,27)19-12-20(22)21(24-13-19)23-8-7-18-6-4-5-16(2)11-18/h4-6,11-13,17H,3,7-10,14-15H2,1-2H3,(H,23,24). The average molecular weight is 422 g/mol. The van der Waals surface area contributed by atoms with Crippen molar-refractivity contribution in [1.82, 2.24) is 9.29 Å². The van der Waals surface area contributed by atoms with Gasteiger partial charge in [-0.2, -0.15) is 4.31 Å². The second-order valence-corrected chi connectivity index (χ2v) is 9.32. The Morgan fingerprint density at radius 1 is 1.34 bits per heavy atom. The van der Waals surface area contributed by atoms with E-state index in [-0.39, 0.29) is 23.2 Å². The molecule has 1 aromatic heterocycles. The van der Waals surface area contributed by atoms with Gasteiger partial charge in [0, 0.05) is 25.8 Å². The number of ether oxygens (including phenoxy) is 1. The van der Waals surface area contributed by atoms with Gasteiger partial charge in [0.2, 0.25) is 10.0 Å². The summed E-state index contributed by atoms with van der Waals surface area (Å²) in [7, 11) is -3.81. The average Bonchev–Trinajstić information content (AvgIpc) is 2.95. The van der Waals surface area contributed by atoms with Crippen LogP contribution in [0.3, 0.4) is 0 Å². The Hall–Kier alpha value is -2.03. The van der Waals surface area contributed by atoms with E-state index in [0.29, 0.717) is 26.3 Å². The van der Waals surface area contributed by atoms with Crippen LogP contribution in [-0.2, 0) is 21.2 Å². The highest BCUT2D eigenvalue weighted by atomic mass is 32.2. The lowest BCUT2D eigenvalue weighted by Crippen LogP contribution is -2.36. The van der Waals surface area contributed by atoms with Gasteiger partial charge in [-0.3, -0.25) is 0 Å². The third-order valence-electron chi connectivity index (χ3n) is 5.12. The second-order valence-electron chi connectivity index (χ2n) is 7.38. The highest BCUT2D eigenvalue weighted by Crippen LogP contribution is 2.22. The van der Waals surface area contributed by atoms with Gasteiger partial charge in [-0.25, -0.2) is 17.8 Å². The maximum Gasteiger partial charge on any atom is 0.244 e. The number of nitrogens with zero attached hydrogens (tertiary/aromatic N) is 2. The van der Waals surface area contributed by atoms with Crippen molar-refractivity contribution in [3.05, 3.63) is 53.5 Å². The van der Waals surface area contributed by atoms with Crippen LogP contribution in [0.15, 0.2) is 41.4 Å². The van der Waals surface area contributed by atoms with Gasteiger partial charge in [0.05, 0.1) is 13.2 Å². The van der Waals surface area contributed by atoms with E-state index in [0.717, 1.165) is 24.5 Å². The highest BCUT2D eigenvalue weighted by Gasteiger charge is 2.29. The molecular formula is C21H28FN3O3S. The Kier molecular flexibility index (Phi) is 7.21. The summed E-state index contributed by atoms with van der Waals surface area (Å²) in [5, 5.41) is 2.95. The SMILES string of the molecule is CCC1COCCN(S(=O)(=O)c2cnc(NCCc3cccc(C)c3)c(F)c2)C1. The molecule has 1 aliphatic rings. The number of benzene rings is 1. The van der Waals surface area contributed by atoms with Crippen LogP contribution in [-0.4, -0.2) is 50.6 Å². The number of aromatic nitrogens is 1. The van der Waals surface area contributed by atoms with Crippen LogP contribution in [0.5, 0.6) is 0 Å². The van der Waals surface area contributed by atoms with Crippen molar-refractivity contribution in [3.63, 3.8) is 0 Å². The zero-order valence-corrected chi connectivity index (χ0v) is 17.7. The van der Waals surface area contributed by atoms with Crippen LogP contribution in [0, 0.1) is 18.7 Å². The Labute approximate surface area is 172 Å². The Morgan fingerprint density at radius 2 is 2.17 bits per heavy atom. The van der Waals surface area contributed by atoms with E-state index in [1.165, 1.54) is 16.1 Å². The lowest BCUT2D eigenvalue weighted by molar-refractivity contribution is 0.122. The molecule has 1 atom stereocenters. The molecule has 1 aliphatic heterocycles. The number of anilines is 1. The first-order chi connectivity index (χ1) is 13.9. The molecule has 3 rings (SSSR count). The first-order valence-electron chi connectivity index (χ1n) is 9.93. The van der Waals surface area contributed by atoms with E-state index in [9.17, 15) is 12.8 Å². The van der Waals surface area contributed by atoms with Crippen molar-refractivity contribution in [2.75, 3.05) is 38.2 Å². The predicted octanol–water partition coefficient (Wildman–Crippen LogP) is 3.23. The van der Waals surface area contributed by atoms with Crippen molar-refractivity contribution < 1.29 is 17.5 Å². The minimum absolute atomic E-state index is 0.0576. The topological polar surface area (TPSA) is 71.5 Å². The van der Waals surface area contributed by atoms with Gasteiger partial charge < -0.3 is 10.1 Å². The first kappa shape index (κ1) is 21.7. The van der Waals surface area contributed by atoms with Crippen molar-refractivity contribution in [3.8, 4) is 0 Å². The van der Waals surface area contributed by atoms with E-state index in [1.54, 1.807) is 0 Å². The highest BCUT2D eigenvalue weighted by molar-refractivity contribution is 7.89. The number of hydrogen-bond donors (Lipinski definition) is 1. The number of pyridine rings is 1. The summed E-state index contributed by atoms with van der Waals surface area (Å²) >= 11 is 0. The fraction of sp³-hybridized carbons (Fsp3) is 0.476. The summed E-state index contributed by atoms with van der Waals surface area (Å²) in [4.78, 5) is 3.90. The normalized spacial score (nSPS) is 18.4. The second kappa shape index (κ2) is 9.65. The molecule has 0 radical (unpaired) electrons. The van der Waals surface area contributed by atoms with Gasteiger partial charge in [0.1, 0.15) is 4.90 Å². The smallest absolute Gasteiger partial charge is 0.244 e. The lowest BCUT2D eigenvalue weighted by atomic mass is 10.1. The van der Waals surface area contributed by atoms with Gasteiger partial charge in [-0.15, -0.1) is 0 Å². The number of rotatable bonds is 7. The number of aryl methyl sites for hydroxylation is 1. The number of sulfonamides is 1. The van der Waals surface area contributed by atoms with Crippen LogP contribution in [0.2, 0.25) is 0 Å². The summed E-state index contributed by atoms with van der Waals surface area (Å²) in [5.41, 5.74) is 2.32. The van der Waals surface area contributed by atoms with Gasteiger partial charge in [0.15, 0.2) is 11.6 Å². The van der Waals surface area contributed by atoms with Crippen molar-refractivity contribution in [2.45, 2.75) is 31.6 Å². The molecule has 1 unspecified atom stereocenters. The summed E-state index contributed by atoms with van der Waals surface area (Å²) in [6.07, 6.45) is 2.76. The van der Waals surface area contributed by atoms with Crippen LogP contribution in [0.1, 0.15) is 24.5 Å². The summed E-state index contributed by atoms with van der Waals surface area (Å²) in [6, 6.07) is 9.15. The molecule has 158 valence electrons. The summed E-state index contributed by atoms with van der Waals surface area (Å²) in [5.74, 6) is -0.483. The van der Waals surface area contributed by atoms with Crippen LogP contribution in [0.25, 0.3) is 0 Å². The molecule has 1 N–H and O–H groups in total. The van der Waals surface area contributed by atoms with Crippen molar-refractivity contribution in [1.29, 1.82) is 0 Å². The third-order valence-corrected chi connectivity index (χ3v) is 6.95. The Morgan fingerprint density at radius 3 is 2.90 bits per heavy atom. The molecule has 2 aromatic rings. The fourth-order valence-electron chi connectivity index (χ4n) is 3.35. The van der Waals surface area contributed by atoms with E-state index >= 15 is 0 Å². The van der Waals surface area contributed by atoms with Gasteiger partial charge in [-0.1, -0.05) is 36.8 Å². The van der Waals surface area contributed by atoms with E-state index in [2.05, 4.69) is 16.4 Å². The zero-order valence-electron chi connectivity index (χ0n) is 16.9. The number of halogens is 1. The maximum absolute atomic E-state index is 14.5. The third kappa shape index (κ3) is 5.52. The molecule has 2 heterocycles. The predicted molar refractivity (Wildman–Crippen MR) is 111 cm³/mol. The van der Waals surface area contributed by atoms with Crippen molar-refractivity contribution >= 4 is 15.8 Å². The molecule has 0 aliphatic carbocycles. The van der Waals surface area contributed by atoms with E-state index in [1.807, 2.05) is 32.0 Å². The Balaban J connectivity index is 1.67. The molecule has 1 aromatic carbocycles. The van der Waals surface area contributed by atoms with Gasteiger partial charge in [-0.05, 0) is 37.3 Å². The summed E-state index contributed by atoms with van der Waals surface area (Å²) < 4.78 is 47.3. The molecule has 1 saturated heterocycles. The van der Waals surface area contributed by atoms with Gasteiger partial charge >= 0.3 is 0 Å². The van der Waals surface area contributed by atoms with Crippen molar-refractivity contribution in [2.24, 2.45) is 5.92 Å². The van der Waals surface area contributed by atoms with Crippen LogP contribution in [0.4, 0.5) is 10.2 Å². The zero-order chi connectivity index (χ0) is 20.9. The minimum Gasteiger partial charge on any atom is -0.380 e. The summed E-state index contributed by atoms with van der Waals surface area (Å²) in [6.45, 7) is 6.04. The first-order valence-corrected chi connectivity index (χ1v) is 11.4. The molecule has 0 bridgehead atoms. The number of nitrogens with one attached hydrogen (secondary N) is 1. The minimum atomic E-state index is -3.81.